The third-order valence-corrected chi connectivity index (χ3v) is 4.15. The second-order valence-electron chi connectivity index (χ2n) is 4.96. The molecule has 0 heterocycles. The molecule has 2 heteroatoms. The molecule has 0 aromatic heterocycles. The molecule has 0 radical (unpaired) electrons. The zero-order chi connectivity index (χ0) is 13.9. The molecule has 0 saturated carbocycles. The molecule has 1 N–H and O–H groups in total. The predicted molar refractivity (Wildman–Crippen MR) is 91.8 cm³/mol. The Morgan fingerprint density at radius 2 is 1.65 bits per heavy atom. The normalized spacial score (nSPS) is 12.5. The van der Waals surface area contributed by atoms with Crippen LogP contribution in [0.2, 0.25) is 0 Å². The van der Waals surface area contributed by atoms with Crippen LogP contribution >= 0.6 is 22.6 Å². The van der Waals surface area contributed by atoms with Gasteiger partial charge in [0.2, 0.25) is 0 Å². The molecule has 3 rings (SSSR count). The second kappa shape index (κ2) is 5.94. The van der Waals surface area contributed by atoms with E-state index in [9.17, 15) is 5.11 Å². The highest BCUT2D eigenvalue weighted by Gasteiger charge is 2.09. The van der Waals surface area contributed by atoms with Gasteiger partial charge in [-0.3, -0.25) is 0 Å². The molecule has 100 valence electrons. The molecular weight excluding hydrogens is 359 g/mol. The molecule has 3 aromatic rings. The third kappa shape index (κ3) is 3.02. The van der Waals surface area contributed by atoms with E-state index in [-0.39, 0.29) is 0 Å². The van der Waals surface area contributed by atoms with E-state index in [0.717, 1.165) is 14.7 Å². The first-order chi connectivity index (χ1) is 9.72. The fourth-order valence-electron chi connectivity index (χ4n) is 2.42. The molecule has 20 heavy (non-hydrogen) atoms. The van der Waals surface area contributed by atoms with Crippen molar-refractivity contribution >= 4 is 33.4 Å². The number of aliphatic hydroxyl groups is 1. The van der Waals surface area contributed by atoms with Gasteiger partial charge in [0.15, 0.2) is 0 Å². The molecule has 0 fully saturated rings. The summed E-state index contributed by atoms with van der Waals surface area (Å²) >= 11 is 2.27. The number of hydrogen-bond acceptors (Lipinski definition) is 1. The Bertz CT molecular complexity index is 736. The lowest BCUT2D eigenvalue weighted by Gasteiger charge is -2.12. The Morgan fingerprint density at radius 1 is 0.850 bits per heavy atom. The molecule has 0 aliphatic carbocycles. The Balaban J connectivity index is 1.85. The van der Waals surface area contributed by atoms with Crippen LogP contribution in [0.15, 0.2) is 66.7 Å². The smallest absolute Gasteiger partial charge is 0.0830 e. The van der Waals surface area contributed by atoms with E-state index in [0.29, 0.717) is 6.42 Å². The van der Waals surface area contributed by atoms with Gasteiger partial charge in [-0.1, -0.05) is 54.6 Å². The van der Waals surface area contributed by atoms with Crippen LogP contribution in [-0.4, -0.2) is 5.11 Å². The van der Waals surface area contributed by atoms with Crippen LogP contribution in [0.1, 0.15) is 17.2 Å². The average Bonchev–Trinajstić information content (AvgIpc) is 2.47. The number of fused-ring (bicyclic) bond motifs is 1. The van der Waals surface area contributed by atoms with Crippen molar-refractivity contribution in [2.45, 2.75) is 12.5 Å². The van der Waals surface area contributed by atoms with Gasteiger partial charge >= 0.3 is 0 Å². The highest BCUT2D eigenvalue weighted by molar-refractivity contribution is 14.1. The van der Waals surface area contributed by atoms with E-state index < -0.39 is 6.10 Å². The van der Waals surface area contributed by atoms with Gasteiger partial charge < -0.3 is 5.11 Å². The van der Waals surface area contributed by atoms with Crippen LogP contribution in [-0.2, 0) is 6.42 Å². The van der Waals surface area contributed by atoms with Crippen molar-refractivity contribution in [2.24, 2.45) is 0 Å². The second-order valence-corrected chi connectivity index (χ2v) is 6.20. The molecule has 1 nitrogen and oxygen atoms in total. The van der Waals surface area contributed by atoms with Crippen LogP contribution in [0.5, 0.6) is 0 Å². The van der Waals surface area contributed by atoms with Crippen molar-refractivity contribution < 1.29 is 5.11 Å². The van der Waals surface area contributed by atoms with Gasteiger partial charge in [0.25, 0.3) is 0 Å². The van der Waals surface area contributed by atoms with Gasteiger partial charge in [-0.25, -0.2) is 0 Å². The van der Waals surface area contributed by atoms with Crippen molar-refractivity contribution in [2.75, 3.05) is 0 Å². The molecule has 3 aromatic carbocycles. The van der Waals surface area contributed by atoms with E-state index in [4.69, 9.17) is 0 Å². The maximum Gasteiger partial charge on any atom is 0.0830 e. The van der Waals surface area contributed by atoms with Crippen molar-refractivity contribution in [1.29, 1.82) is 0 Å². The van der Waals surface area contributed by atoms with E-state index >= 15 is 0 Å². The van der Waals surface area contributed by atoms with Gasteiger partial charge in [-0.15, -0.1) is 0 Å². The molecule has 0 amide bonds. The van der Waals surface area contributed by atoms with Gasteiger partial charge in [-0.2, -0.15) is 0 Å². The summed E-state index contributed by atoms with van der Waals surface area (Å²) in [6.45, 7) is 0. The SMILES string of the molecule is OC(Cc1ccc2ccccc2c1)c1cccc(I)c1. The minimum Gasteiger partial charge on any atom is -0.388 e. The molecule has 1 unspecified atom stereocenters. The minimum absolute atomic E-state index is 0.453. The molecule has 0 bridgehead atoms. The van der Waals surface area contributed by atoms with E-state index in [2.05, 4.69) is 52.9 Å². The van der Waals surface area contributed by atoms with Gasteiger partial charge in [-0.05, 0) is 56.6 Å². The van der Waals surface area contributed by atoms with Crippen molar-refractivity contribution in [3.05, 3.63) is 81.4 Å². The fraction of sp³-hybridized carbons (Fsp3) is 0.111. The monoisotopic (exact) mass is 374 g/mol. The van der Waals surface area contributed by atoms with Gasteiger partial charge in [0.05, 0.1) is 6.10 Å². The fourth-order valence-corrected chi connectivity index (χ4v) is 2.99. The molecule has 0 spiro atoms. The number of rotatable bonds is 3. The third-order valence-electron chi connectivity index (χ3n) is 3.48. The molecule has 0 aliphatic rings. The predicted octanol–water partition coefficient (Wildman–Crippen LogP) is 4.72. The summed E-state index contributed by atoms with van der Waals surface area (Å²) in [5.41, 5.74) is 2.14. The Hall–Kier alpha value is -1.39. The first-order valence-electron chi connectivity index (χ1n) is 6.63. The summed E-state index contributed by atoms with van der Waals surface area (Å²) < 4.78 is 1.15. The lowest BCUT2D eigenvalue weighted by molar-refractivity contribution is 0.178. The largest absolute Gasteiger partial charge is 0.388 e. The number of halogens is 1. The van der Waals surface area contributed by atoms with E-state index in [1.54, 1.807) is 0 Å². The van der Waals surface area contributed by atoms with Crippen LogP contribution in [0, 0.1) is 3.57 Å². The number of aliphatic hydroxyl groups excluding tert-OH is 1. The number of hydrogen-bond donors (Lipinski definition) is 1. The van der Waals surface area contributed by atoms with Gasteiger partial charge in [0, 0.05) is 9.99 Å². The highest BCUT2D eigenvalue weighted by Crippen LogP contribution is 2.22. The average molecular weight is 374 g/mol. The summed E-state index contributed by atoms with van der Waals surface area (Å²) in [6, 6.07) is 22.7. The molecule has 1 atom stereocenters. The lowest BCUT2D eigenvalue weighted by Crippen LogP contribution is -2.02. The van der Waals surface area contributed by atoms with Crippen molar-refractivity contribution in [3.63, 3.8) is 0 Å². The van der Waals surface area contributed by atoms with Crippen molar-refractivity contribution in [1.82, 2.24) is 0 Å². The lowest BCUT2D eigenvalue weighted by atomic mass is 9.99. The Morgan fingerprint density at radius 3 is 2.45 bits per heavy atom. The molecular formula is C18H15IO. The van der Waals surface area contributed by atoms with E-state index in [1.165, 1.54) is 10.8 Å². The molecule has 0 aliphatic heterocycles. The summed E-state index contributed by atoms with van der Waals surface area (Å²) in [7, 11) is 0. The quantitative estimate of drug-likeness (QED) is 0.658. The maximum absolute atomic E-state index is 10.4. The first kappa shape index (κ1) is 13.6. The van der Waals surface area contributed by atoms with Crippen LogP contribution in [0.4, 0.5) is 0 Å². The Kier molecular flexibility index (Phi) is 4.03. The first-order valence-corrected chi connectivity index (χ1v) is 7.71. The minimum atomic E-state index is -0.453. The zero-order valence-electron chi connectivity index (χ0n) is 11.0. The standard InChI is InChI=1S/C18H15IO/c19-17-7-3-6-16(12-17)18(20)11-13-8-9-14-4-1-2-5-15(14)10-13/h1-10,12,18,20H,11H2. The summed E-state index contributed by atoms with van der Waals surface area (Å²) in [5.74, 6) is 0. The highest BCUT2D eigenvalue weighted by atomic mass is 127. The van der Waals surface area contributed by atoms with Gasteiger partial charge in [0.1, 0.15) is 0 Å². The maximum atomic E-state index is 10.4. The van der Waals surface area contributed by atoms with Crippen molar-refractivity contribution in [3.8, 4) is 0 Å². The summed E-state index contributed by atoms with van der Waals surface area (Å²) in [6.07, 6.45) is 0.191. The van der Waals surface area contributed by atoms with Crippen LogP contribution < -0.4 is 0 Å². The topological polar surface area (TPSA) is 20.2 Å². The summed E-state index contributed by atoms with van der Waals surface area (Å²) in [4.78, 5) is 0. The van der Waals surface area contributed by atoms with Crippen LogP contribution in [0.25, 0.3) is 10.8 Å². The zero-order valence-corrected chi connectivity index (χ0v) is 13.1. The molecule has 0 saturated heterocycles. The van der Waals surface area contributed by atoms with E-state index in [1.807, 2.05) is 36.4 Å². The Labute approximate surface area is 132 Å². The van der Waals surface area contributed by atoms with Crippen LogP contribution in [0.3, 0.4) is 0 Å². The summed E-state index contributed by atoms with van der Waals surface area (Å²) in [5, 5.41) is 12.8. The number of benzene rings is 3.